The normalized spacial score (nSPS) is 10.7. The Labute approximate surface area is 160 Å². The average Bonchev–Trinajstić information content (AvgIpc) is 3.08. The van der Waals surface area contributed by atoms with E-state index in [2.05, 4.69) is 15.3 Å². The summed E-state index contributed by atoms with van der Waals surface area (Å²) in [6.45, 7) is 0.0125. The topological polar surface area (TPSA) is 103 Å². The average molecular weight is 371 g/mol. The standard InChI is InChI=1S/C21H17N5O2/c22-20(28)16-12-26(17-9-5-4-8-15(16)17)13-18(27)25-21-19(23-10-11-24-21)14-6-2-1-3-7-14/h1-12H,13H2,(H2,22,28)(H,24,25,27). The van der Waals surface area contributed by atoms with Crippen LogP contribution >= 0.6 is 0 Å². The van der Waals surface area contributed by atoms with E-state index in [4.69, 9.17) is 5.73 Å². The first-order valence-corrected chi connectivity index (χ1v) is 8.67. The van der Waals surface area contributed by atoms with Crippen molar-refractivity contribution in [3.05, 3.63) is 78.8 Å². The predicted molar refractivity (Wildman–Crippen MR) is 107 cm³/mol. The lowest BCUT2D eigenvalue weighted by molar-refractivity contribution is -0.116. The van der Waals surface area contributed by atoms with E-state index in [1.807, 2.05) is 48.5 Å². The molecular weight excluding hydrogens is 354 g/mol. The molecule has 28 heavy (non-hydrogen) atoms. The highest BCUT2D eigenvalue weighted by Crippen LogP contribution is 2.24. The Morgan fingerprint density at radius 2 is 1.68 bits per heavy atom. The Balaban J connectivity index is 1.62. The molecule has 4 aromatic rings. The van der Waals surface area contributed by atoms with Gasteiger partial charge in [0.05, 0.1) is 5.56 Å². The molecule has 2 aromatic heterocycles. The summed E-state index contributed by atoms with van der Waals surface area (Å²) < 4.78 is 1.70. The lowest BCUT2D eigenvalue weighted by Crippen LogP contribution is -2.20. The van der Waals surface area contributed by atoms with E-state index < -0.39 is 5.91 Å². The molecule has 138 valence electrons. The van der Waals surface area contributed by atoms with Crippen molar-refractivity contribution in [2.24, 2.45) is 5.73 Å². The van der Waals surface area contributed by atoms with Gasteiger partial charge in [-0.15, -0.1) is 0 Å². The molecule has 7 heteroatoms. The van der Waals surface area contributed by atoms with Gasteiger partial charge in [-0.05, 0) is 6.07 Å². The summed E-state index contributed by atoms with van der Waals surface area (Å²) in [4.78, 5) is 33.0. The molecule has 0 aliphatic heterocycles. The number of anilines is 1. The maximum atomic E-state index is 12.7. The van der Waals surface area contributed by atoms with Crippen LogP contribution in [-0.2, 0) is 11.3 Å². The van der Waals surface area contributed by atoms with Gasteiger partial charge in [0.2, 0.25) is 5.91 Å². The SMILES string of the molecule is NC(=O)c1cn(CC(=O)Nc2nccnc2-c2ccccc2)c2ccccc12. The van der Waals surface area contributed by atoms with E-state index in [-0.39, 0.29) is 12.5 Å². The van der Waals surface area contributed by atoms with E-state index in [1.54, 1.807) is 23.0 Å². The number of aromatic nitrogens is 3. The summed E-state index contributed by atoms with van der Waals surface area (Å²) in [5.41, 5.74) is 8.05. The molecule has 0 atom stereocenters. The van der Waals surface area contributed by atoms with Crippen LogP contribution in [-0.4, -0.2) is 26.3 Å². The van der Waals surface area contributed by atoms with E-state index in [0.29, 0.717) is 22.5 Å². The van der Waals surface area contributed by atoms with Crippen molar-refractivity contribution in [2.45, 2.75) is 6.54 Å². The first-order valence-electron chi connectivity index (χ1n) is 8.67. The third-order valence-electron chi connectivity index (χ3n) is 4.37. The first-order chi connectivity index (χ1) is 13.6. The van der Waals surface area contributed by atoms with Crippen LogP contribution in [0.2, 0.25) is 0 Å². The van der Waals surface area contributed by atoms with Crippen molar-refractivity contribution >= 4 is 28.5 Å². The van der Waals surface area contributed by atoms with Gasteiger partial charge in [-0.25, -0.2) is 4.98 Å². The third kappa shape index (κ3) is 3.33. The molecule has 2 aromatic carbocycles. The molecule has 4 rings (SSSR count). The summed E-state index contributed by atoms with van der Waals surface area (Å²) in [6, 6.07) is 16.8. The Morgan fingerprint density at radius 1 is 0.964 bits per heavy atom. The number of primary amides is 1. The van der Waals surface area contributed by atoms with E-state index in [1.165, 1.54) is 6.20 Å². The number of amides is 2. The van der Waals surface area contributed by atoms with Crippen molar-refractivity contribution < 1.29 is 9.59 Å². The van der Waals surface area contributed by atoms with Crippen LogP contribution in [0.3, 0.4) is 0 Å². The monoisotopic (exact) mass is 371 g/mol. The number of fused-ring (bicyclic) bond motifs is 1. The lowest BCUT2D eigenvalue weighted by Gasteiger charge is -2.10. The molecule has 3 N–H and O–H groups in total. The molecule has 7 nitrogen and oxygen atoms in total. The van der Waals surface area contributed by atoms with Crippen LogP contribution in [0.4, 0.5) is 5.82 Å². The number of nitrogens with one attached hydrogen (secondary N) is 1. The smallest absolute Gasteiger partial charge is 0.250 e. The number of benzene rings is 2. The minimum Gasteiger partial charge on any atom is -0.366 e. The van der Waals surface area contributed by atoms with E-state index in [9.17, 15) is 9.59 Å². The fourth-order valence-corrected chi connectivity index (χ4v) is 3.14. The number of nitrogens with zero attached hydrogens (tertiary/aromatic N) is 3. The molecule has 0 fully saturated rings. The van der Waals surface area contributed by atoms with Crippen LogP contribution in [0.5, 0.6) is 0 Å². The second-order valence-electron chi connectivity index (χ2n) is 6.22. The highest BCUT2D eigenvalue weighted by atomic mass is 16.2. The summed E-state index contributed by atoms with van der Waals surface area (Å²) in [5, 5.41) is 3.53. The Hall–Kier alpha value is -4.00. The van der Waals surface area contributed by atoms with Crippen molar-refractivity contribution in [1.29, 1.82) is 0 Å². The van der Waals surface area contributed by atoms with Crippen molar-refractivity contribution in [3.8, 4) is 11.3 Å². The van der Waals surface area contributed by atoms with Gasteiger partial charge >= 0.3 is 0 Å². The predicted octanol–water partition coefficient (Wildman–Crippen LogP) is 2.84. The van der Waals surface area contributed by atoms with Crippen molar-refractivity contribution in [3.63, 3.8) is 0 Å². The summed E-state index contributed by atoms with van der Waals surface area (Å²) in [5.74, 6) is -0.435. The van der Waals surface area contributed by atoms with Crippen LogP contribution in [0.25, 0.3) is 22.2 Å². The third-order valence-corrected chi connectivity index (χ3v) is 4.37. The Kier molecular flexibility index (Phi) is 4.55. The molecule has 0 saturated heterocycles. The maximum absolute atomic E-state index is 12.7. The van der Waals surface area contributed by atoms with Crippen molar-refractivity contribution in [1.82, 2.24) is 14.5 Å². The molecule has 0 aliphatic carbocycles. The highest BCUT2D eigenvalue weighted by Gasteiger charge is 2.16. The quantitative estimate of drug-likeness (QED) is 0.563. The van der Waals surface area contributed by atoms with Gasteiger partial charge in [0.1, 0.15) is 12.2 Å². The second kappa shape index (κ2) is 7.32. The van der Waals surface area contributed by atoms with Gasteiger partial charge in [-0.3, -0.25) is 14.6 Å². The minimum atomic E-state index is -0.532. The zero-order chi connectivity index (χ0) is 19.5. The summed E-state index contributed by atoms with van der Waals surface area (Å²) >= 11 is 0. The molecule has 0 unspecified atom stereocenters. The molecule has 0 bridgehead atoms. The molecular formula is C21H17N5O2. The highest BCUT2D eigenvalue weighted by molar-refractivity contribution is 6.06. The fourth-order valence-electron chi connectivity index (χ4n) is 3.14. The van der Waals surface area contributed by atoms with Gasteiger partial charge in [-0.1, -0.05) is 48.5 Å². The van der Waals surface area contributed by atoms with Gasteiger partial charge < -0.3 is 15.6 Å². The van der Waals surface area contributed by atoms with Gasteiger partial charge in [0.25, 0.3) is 5.91 Å². The lowest BCUT2D eigenvalue weighted by atomic mass is 10.1. The van der Waals surface area contributed by atoms with Gasteiger partial charge in [0, 0.05) is 35.1 Å². The van der Waals surface area contributed by atoms with Crippen molar-refractivity contribution in [2.75, 3.05) is 5.32 Å². The zero-order valence-corrected chi connectivity index (χ0v) is 14.9. The fraction of sp³-hybridized carbons (Fsp3) is 0.0476. The number of carbonyl (C=O) groups excluding carboxylic acids is 2. The number of rotatable bonds is 5. The molecule has 0 spiro atoms. The van der Waals surface area contributed by atoms with Crippen LogP contribution in [0, 0.1) is 0 Å². The van der Waals surface area contributed by atoms with Crippen LogP contribution < -0.4 is 11.1 Å². The number of carbonyl (C=O) groups is 2. The van der Waals surface area contributed by atoms with Gasteiger partial charge in [0.15, 0.2) is 5.82 Å². The minimum absolute atomic E-state index is 0.0125. The van der Waals surface area contributed by atoms with Gasteiger partial charge in [-0.2, -0.15) is 0 Å². The molecule has 0 aliphatic rings. The second-order valence-corrected chi connectivity index (χ2v) is 6.22. The van der Waals surface area contributed by atoms with E-state index >= 15 is 0 Å². The summed E-state index contributed by atoms with van der Waals surface area (Å²) in [7, 11) is 0. The van der Waals surface area contributed by atoms with Crippen LogP contribution in [0.1, 0.15) is 10.4 Å². The first kappa shape index (κ1) is 17.4. The number of para-hydroxylation sites is 1. The number of nitrogens with two attached hydrogens (primary N) is 1. The Morgan fingerprint density at radius 3 is 2.46 bits per heavy atom. The molecule has 2 amide bonds. The van der Waals surface area contributed by atoms with E-state index in [0.717, 1.165) is 11.1 Å². The maximum Gasteiger partial charge on any atom is 0.250 e. The Bertz CT molecular complexity index is 1170. The summed E-state index contributed by atoms with van der Waals surface area (Å²) in [6.07, 6.45) is 4.70. The number of hydrogen-bond acceptors (Lipinski definition) is 4. The number of hydrogen-bond donors (Lipinski definition) is 2. The molecule has 0 radical (unpaired) electrons. The molecule has 0 saturated carbocycles. The van der Waals surface area contributed by atoms with Crippen LogP contribution in [0.15, 0.2) is 73.2 Å². The zero-order valence-electron chi connectivity index (χ0n) is 14.9. The largest absolute Gasteiger partial charge is 0.366 e. The molecule has 2 heterocycles.